The van der Waals surface area contributed by atoms with E-state index in [9.17, 15) is 10.1 Å². The smallest absolute Gasteiger partial charge is 0.269 e. The molecule has 0 aliphatic heterocycles. The topological polar surface area (TPSA) is 58.4 Å². The zero-order chi connectivity index (χ0) is 15.1. The lowest BCUT2D eigenvalue weighted by molar-refractivity contribution is -0.384. The number of nitrogens with zero attached hydrogens (tertiary/aromatic N) is 2. The Morgan fingerprint density at radius 3 is 2.55 bits per heavy atom. The van der Waals surface area contributed by atoms with Crippen LogP contribution in [0.2, 0.25) is 0 Å². The summed E-state index contributed by atoms with van der Waals surface area (Å²) in [6.45, 7) is 11.0. The van der Waals surface area contributed by atoms with Crippen LogP contribution in [-0.4, -0.2) is 29.0 Å². The van der Waals surface area contributed by atoms with Crippen LogP contribution in [0.25, 0.3) is 0 Å². The second-order valence-corrected chi connectivity index (χ2v) is 5.19. The van der Waals surface area contributed by atoms with E-state index >= 15 is 0 Å². The molecule has 1 N–H and O–H groups in total. The van der Waals surface area contributed by atoms with Gasteiger partial charge in [-0.1, -0.05) is 6.92 Å². The highest BCUT2D eigenvalue weighted by Crippen LogP contribution is 2.24. The van der Waals surface area contributed by atoms with Gasteiger partial charge in [0.05, 0.1) is 4.92 Å². The number of rotatable bonds is 8. The molecule has 0 aliphatic carbocycles. The number of anilines is 1. The van der Waals surface area contributed by atoms with E-state index in [1.54, 1.807) is 18.2 Å². The molecule has 0 aliphatic rings. The molecule has 0 saturated carbocycles. The predicted octanol–water partition coefficient (Wildman–Crippen LogP) is 3.65. The van der Waals surface area contributed by atoms with E-state index in [1.165, 1.54) is 0 Å². The van der Waals surface area contributed by atoms with Crippen molar-refractivity contribution in [2.75, 3.05) is 18.4 Å². The molecule has 0 saturated heterocycles. The quantitative estimate of drug-likeness (QED) is 0.583. The Bertz CT molecular complexity index is 447. The zero-order valence-electron chi connectivity index (χ0n) is 12.8. The molecule has 112 valence electrons. The molecule has 0 heterocycles. The predicted molar refractivity (Wildman–Crippen MR) is 83.1 cm³/mol. The Hall–Kier alpha value is -1.62. The summed E-state index contributed by atoms with van der Waals surface area (Å²) in [6.07, 6.45) is 1.07. The van der Waals surface area contributed by atoms with Crippen molar-refractivity contribution in [1.82, 2.24) is 4.90 Å². The van der Waals surface area contributed by atoms with E-state index in [1.807, 2.05) is 6.92 Å². The van der Waals surface area contributed by atoms with Gasteiger partial charge in [0, 0.05) is 37.0 Å². The number of hydrogen-bond acceptors (Lipinski definition) is 4. The van der Waals surface area contributed by atoms with Gasteiger partial charge in [0.25, 0.3) is 5.69 Å². The normalized spacial score (nSPS) is 11.1. The molecular formula is C15H25N3O2. The third-order valence-electron chi connectivity index (χ3n) is 3.28. The minimum absolute atomic E-state index is 0.154. The van der Waals surface area contributed by atoms with Crippen LogP contribution < -0.4 is 5.32 Å². The number of nitro groups is 1. The van der Waals surface area contributed by atoms with Crippen LogP contribution in [0.15, 0.2) is 18.2 Å². The lowest BCUT2D eigenvalue weighted by atomic mass is 10.1. The van der Waals surface area contributed by atoms with Crippen LogP contribution >= 0.6 is 0 Å². The summed E-state index contributed by atoms with van der Waals surface area (Å²) in [7, 11) is 0. The number of non-ortho nitro benzene ring substituents is 1. The lowest BCUT2D eigenvalue weighted by Crippen LogP contribution is -2.31. The molecule has 5 heteroatoms. The van der Waals surface area contributed by atoms with Gasteiger partial charge in [0.2, 0.25) is 0 Å². The summed E-state index contributed by atoms with van der Waals surface area (Å²) in [5.74, 6) is 0. The average molecular weight is 279 g/mol. The Kier molecular flexibility index (Phi) is 6.45. The standard InChI is InChI=1S/C15H25N3O2/c1-5-9-17(12(3)4)11-13-10-14(18(19)20)7-8-15(13)16-6-2/h7-8,10,12,16H,5-6,9,11H2,1-4H3. The first-order valence-corrected chi connectivity index (χ1v) is 7.24. The van der Waals surface area contributed by atoms with Gasteiger partial charge in [-0.15, -0.1) is 0 Å². The van der Waals surface area contributed by atoms with Gasteiger partial charge in [0.15, 0.2) is 0 Å². The Morgan fingerprint density at radius 2 is 2.05 bits per heavy atom. The molecule has 0 radical (unpaired) electrons. The molecule has 20 heavy (non-hydrogen) atoms. The van der Waals surface area contributed by atoms with Crippen molar-refractivity contribution in [2.24, 2.45) is 0 Å². The first kappa shape index (κ1) is 16.4. The van der Waals surface area contributed by atoms with Crippen molar-refractivity contribution in [3.05, 3.63) is 33.9 Å². The summed E-state index contributed by atoms with van der Waals surface area (Å²) in [5.41, 5.74) is 2.13. The molecule has 0 aromatic heterocycles. The summed E-state index contributed by atoms with van der Waals surface area (Å²) >= 11 is 0. The van der Waals surface area contributed by atoms with Gasteiger partial charge in [-0.25, -0.2) is 0 Å². The SMILES string of the molecule is CCCN(Cc1cc([N+](=O)[O-])ccc1NCC)C(C)C. The van der Waals surface area contributed by atoms with Crippen molar-refractivity contribution >= 4 is 11.4 Å². The maximum absolute atomic E-state index is 10.9. The Morgan fingerprint density at radius 1 is 1.35 bits per heavy atom. The molecule has 0 spiro atoms. The summed E-state index contributed by atoms with van der Waals surface area (Å²) in [6, 6.07) is 5.47. The van der Waals surface area contributed by atoms with Crippen molar-refractivity contribution in [1.29, 1.82) is 0 Å². The van der Waals surface area contributed by atoms with Crippen molar-refractivity contribution < 1.29 is 4.92 Å². The summed E-state index contributed by atoms with van der Waals surface area (Å²) < 4.78 is 0. The van der Waals surface area contributed by atoms with Crippen LogP contribution in [0.5, 0.6) is 0 Å². The molecule has 0 bridgehead atoms. The zero-order valence-corrected chi connectivity index (χ0v) is 12.8. The van der Waals surface area contributed by atoms with E-state index in [4.69, 9.17) is 0 Å². The summed E-state index contributed by atoms with van der Waals surface area (Å²) in [4.78, 5) is 12.9. The van der Waals surface area contributed by atoms with E-state index in [0.29, 0.717) is 6.04 Å². The monoisotopic (exact) mass is 279 g/mol. The largest absolute Gasteiger partial charge is 0.385 e. The second kappa shape index (κ2) is 7.85. The van der Waals surface area contributed by atoms with Crippen molar-refractivity contribution in [3.8, 4) is 0 Å². The fourth-order valence-corrected chi connectivity index (χ4v) is 2.21. The third kappa shape index (κ3) is 4.49. The van der Waals surface area contributed by atoms with Crippen LogP contribution in [0.4, 0.5) is 11.4 Å². The highest BCUT2D eigenvalue weighted by molar-refractivity contribution is 5.56. The van der Waals surface area contributed by atoms with E-state index < -0.39 is 0 Å². The van der Waals surface area contributed by atoms with Gasteiger partial charge in [-0.05, 0) is 45.4 Å². The van der Waals surface area contributed by atoms with Crippen LogP contribution in [0.3, 0.4) is 0 Å². The molecule has 1 rings (SSSR count). The highest BCUT2D eigenvalue weighted by atomic mass is 16.6. The van der Waals surface area contributed by atoms with E-state index in [0.717, 1.165) is 37.3 Å². The third-order valence-corrected chi connectivity index (χ3v) is 3.28. The number of benzene rings is 1. The number of nitro benzene ring substituents is 1. The second-order valence-electron chi connectivity index (χ2n) is 5.19. The van der Waals surface area contributed by atoms with Gasteiger partial charge in [-0.2, -0.15) is 0 Å². The first-order chi connectivity index (χ1) is 9.49. The number of nitrogens with one attached hydrogen (secondary N) is 1. The lowest BCUT2D eigenvalue weighted by Gasteiger charge is -2.27. The van der Waals surface area contributed by atoms with Crippen LogP contribution in [0.1, 0.15) is 39.7 Å². The summed E-state index contributed by atoms with van der Waals surface area (Å²) in [5, 5.41) is 14.2. The van der Waals surface area contributed by atoms with Gasteiger partial charge >= 0.3 is 0 Å². The van der Waals surface area contributed by atoms with Gasteiger partial charge < -0.3 is 5.32 Å². The molecule has 0 unspecified atom stereocenters. The highest BCUT2D eigenvalue weighted by Gasteiger charge is 2.15. The minimum atomic E-state index is -0.335. The Labute approximate surface area is 121 Å². The van der Waals surface area contributed by atoms with Gasteiger partial charge in [0.1, 0.15) is 0 Å². The van der Waals surface area contributed by atoms with E-state index in [-0.39, 0.29) is 10.6 Å². The van der Waals surface area contributed by atoms with Gasteiger partial charge in [-0.3, -0.25) is 15.0 Å². The molecular weight excluding hydrogens is 254 g/mol. The van der Waals surface area contributed by atoms with Crippen molar-refractivity contribution in [3.63, 3.8) is 0 Å². The molecule has 1 aromatic carbocycles. The number of hydrogen-bond donors (Lipinski definition) is 1. The molecule has 0 fully saturated rings. The van der Waals surface area contributed by atoms with Crippen molar-refractivity contribution in [2.45, 2.75) is 46.7 Å². The molecule has 0 amide bonds. The average Bonchev–Trinajstić information content (AvgIpc) is 2.39. The molecule has 5 nitrogen and oxygen atoms in total. The first-order valence-electron chi connectivity index (χ1n) is 7.24. The van der Waals surface area contributed by atoms with Crippen LogP contribution in [-0.2, 0) is 6.54 Å². The van der Waals surface area contributed by atoms with E-state index in [2.05, 4.69) is 31.0 Å². The van der Waals surface area contributed by atoms with Crippen LogP contribution in [0, 0.1) is 10.1 Å². The fraction of sp³-hybridized carbons (Fsp3) is 0.600. The Balaban J connectivity index is 3.04. The maximum atomic E-state index is 10.9. The molecule has 0 atom stereocenters. The maximum Gasteiger partial charge on any atom is 0.269 e. The minimum Gasteiger partial charge on any atom is -0.385 e. The molecule has 1 aromatic rings. The fourth-order valence-electron chi connectivity index (χ4n) is 2.21.